The summed E-state index contributed by atoms with van der Waals surface area (Å²) in [7, 11) is 0. The van der Waals surface area contributed by atoms with Gasteiger partial charge in [0.15, 0.2) is 0 Å². The Hall–Kier alpha value is 0.0700. The Morgan fingerprint density at radius 3 is 1.36 bits per heavy atom. The van der Waals surface area contributed by atoms with Crippen molar-refractivity contribution in [3.05, 3.63) is 12.8 Å². The molecule has 0 aromatic carbocycles. The number of hydrogen-bond donors (Lipinski definition) is 0. The highest BCUT2D eigenvalue weighted by Gasteiger charge is 1.94. The van der Waals surface area contributed by atoms with Gasteiger partial charge in [0, 0.05) is 6.61 Å². The SMILES string of the molecule is C=COCCOCCOCCOCCOCCOCCCCCCI. The summed E-state index contributed by atoms with van der Waals surface area (Å²) in [5.74, 6) is 0. The summed E-state index contributed by atoms with van der Waals surface area (Å²) in [5, 5.41) is 0. The van der Waals surface area contributed by atoms with Crippen molar-refractivity contribution in [2.24, 2.45) is 0 Å². The lowest BCUT2D eigenvalue weighted by Crippen LogP contribution is -2.13. The monoisotopic (exact) mass is 474 g/mol. The van der Waals surface area contributed by atoms with Gasteiger partial charge in [-0.3, -0.25) is 0 Å². The number of hydrogen-bond acceptors (Lipinski definition) is 6. The molecule has 0 fully saturated rings. The van der Waals surface area contributed by atoms with Gasteiger partial charge in [0.05, 0.1) is 65.7 Å². The highest BCUT2D eigenvalue weighted by molar-refractivity contribution is 14.1. The maximum absolute atomic E-state index is 5.52. The number of rotatable bonds is 22. The minimum atomic E-state index is 0.524. The van der Waals surface area contributed by atoms with Crippen LogP contribution in [0.25, 0.3) is 0 Å². The van der Waals surface area contributed by atoms with Crippen LogP contribution in [-0.4, -0.2) is 77.1 Å². The molecule has 150 valence electrons. The van der Waals surface area contributed by atoms with Crippen LogP contribution in [-0.2, 0) is 28.4 Å². The molecule has 0 radical (unpaired) electrons. The van der Waals surface area contributed by atoms with Crippen LogP contribution in [0.4, 0.5) is 0 Å². The fourth-order valence-electron chi connectivity index (χ4n) is 1.82. The molecule has 0 N–H and O–H groups in total. The molecule has 0 aromatic heterocycles. The second kappa shape index (κ2) is 24.1. The fraction of sp³-hybridized carbons (Fsp3) is 0.889. The minimum absolute atomic E-state index is 0.524. The molecule has 0 aliphatic heterocycles. The summed E-state index contributed by atoms with van der Waals surface area (Å²) >= 11 is 2.42. The van der Waals surface area contributed by atoms with Crippen LogP contribution >= 0.6 is 22.6 Å². The summed E-state index contributed by atoms with van der Waals surface area (Å²) in [6, 6.07) is 0. The lowest BCUT2D eigenvalue weighted by molar-refractivity contribution is -0.0138. The highest BCUT2D eigenvalue weighted by atomic mass is 127. The molecule has 0 spiro atoms. The topological polar surface area (TPSA) is 55.4 Å². The molecule has 25 heavy (non-hydrogen) atoms. The first-order valence-corrected chi connectivity index (χ1v) is 10.6. The molecule has 0 aliphatic carbocycles. The molecular weight excluding hydrogens is 439 g/mol. The summed E-state index contributed by atoms with van der Waals surface area (Å²) in [6.45, 7) is 10.1. The molecule has 0 heterocycles. The van der Waals surface area contributed by atoms with E-state index in [1.807, 2.05) is 0 Å². The van der Waals surface area contributed by atoms with Gasteiger partial charge in [0.25, 0.3) is 0 Å². The van der Waals surface area contributed by atoms with Crippen LogP contribution in [0, 0.1) is 0 Å². The first kappa shape index (κ1) is 25.1. The van der Waals surface area contributed by atoms with Crippen LogP contribution in [0.2, 0.25) is 0 Å². The highest BCUT2D eigenvalue weighted by Crippen LogP contribution is 2.02. The van der Waals surface area contributed by atoms with Gasteiger partial charge >= 0.3 is 0 Å². The van der Waals surface area contributed by atoms with Crippen molar-refractivity contribution in [2.45, 2.75) is 25.7 Å². The zero-order chi connectivity index (χ0) is 18.3. The van der Waals surface area contributed by atoms with Crippen molar-refractivity contribution in [2.75, 3.05) is 77.1 Å². The second-order valence-corrected chi connectivity index (χ2v) is 6.28. The van der Waals surface area contributed by atoms with Gasteiger partial charge in [-0.2, -0.15) is 0 Å². The molecule has 0 aromatic rings. The van der Waals surface area contributed by atoms with Gasteiger partial charge in [0.2, 0.25) is 0 Å². The van der Waals surface area contributed by atoms with Crippen molar-refractivity contribution in [1.82, 2.24) is 0 Å². The predicted octanol–water partition coefficient (Wildman–Crippen LogP) is 3.22. The first-order chi connectivity index (χ1) is 12.4. The van der Waals surface area contributed by atoms with Gasteiger partial charge in [-0.25, -0.2) is 0 Å². The molecule has 7 heteroatoms. The summed E-state index contributed by atoms with van der Waals surface area (Å²) in [4.78, 5) is 0. The van der Waals surface area contributed by atoms with Crippen LogP contribution < -0.4 is 0 Å². The van der Waals surface area contributed by atoms with Gasteiger partial charge in [0.1, 0.15) is 6.61 Å². The average molecular weight is 474 g/mol. The van der Waals surface area contributed by atoms with Crippen molar-refractivity contribution in [3.63, 3.8) is 0 Å². The van der Waals surface area contributed by atoms with E-state index in [2.05, 4.69) is 29.2 Å². The fourth-order valence-corrected chi connectivity index (χ4v) is 2.36. The first-order valence-electron chi connectivity index (χ1n) is 9.09. The molecule has 6 nitrogen and oxygen atoms in total. The number of ether oxygens (including phenoxy) is 6. The summed E-state index contributed by atoms with van der Waals surface area (Å²) in [5.41, 5.74) is 0. The van der Waals surface area contributed by atoms with E-state index in [0.717, 1.165) is 13.0 Å². The van der Waals surface area contributed by atoms with E-state index in [9.17, 15) is 0 Å². The van der Waals surface area contributed by atoms with Crippen molar-refractivity contribution in [1.29, 1.82) is 0 Å². The molecule has 0 atom stereocenters. The van der Waals surface area contributed by atoms with Crippen LogP contribution in [0.15, 0.2) is 12.8 Å². The Labute approximate surface area is 166 Å². The van der Waals surface area contributed by atoms with Crippen LogP contribution in [0.1, 0.15) is 25.7 Å². The van der Waals surface area contributed by atoms with E-state index < -0.39 is 0 Å². The molecule has 0 rings (SSSR count). The number of halogens is 1. The van der Waals surface area contributed by atoms with Crippen molar-refractivity contribution >= 4 is 22.6 Å². The summed E-state index contributed by atoms with van der Waals surface area (Å²) < 4.78 is 33.2. The normalized spacial score (nSPS) is 10.9. The minimum Gasteiger partial charge on any atom is -0.499 e. The Kier molecular flexibility index (Phi) is 24.1. The van der Waals surface area contributed by atoms with Gasteiger partial charge < -0.3 is 28.4 Å². The average Bonchev–Trinajstić information content (AvgIpc) is 2.63. The van der Waals surface area contributed by atoms with E-state index in [1.54, 1.807) is 0 Å². The van der Waals surface area contributed by atoms with Gasteiger partial charge in [-0.1, -0.05) is 42.0 Å². The third kappa shape index (κ3) is 24.1. The third-order valence-corrected chi connectivity index (χ3v) is 3.89. The molecular formula is C18H35IO6. The van der Waals surface area contributed by atoms with Gasteiger partial charge in [-0.15, -0.1) is 0 Å². The Morgan fingerprint density at radius 1 is 0.520 bits per heavy atom. The largest absolute Gasteiger partial charge is 0.499 e. The van der Waals surface area contributed by atoms with E-state index >= 15 is 0 Å². The third-order valence-electron chi connectivity index (χ3n) is 3.12. The van der Waals surface area contributed by atoms with E-state index in [1.165, 1.54) is 30.0 Å². The van der Waals surface area contributed by atoms with Crippen LogP contribution in [0.5, 0.6) is 0 Å². The van der Waals surface area contributed by atoms with E-state index in [0.29, 0.717) is 66.1 Å². The summed E-state index contributed by atoms with van der Waals surface area (Å²) in [6.07, 6.45) is 6.43. The molecule has 0 aliphatic rings. The quantitative estimate of drug-likeness (QED) is 0.104. The standard InChI is InChI=1S/C18H35IO6/c1-2-20-9-10-22-13-14-24-17-18-25-16-15-23-12-11-21-8-6-4-3-5-7-19/h2H,1,3-18H2. The van der Waals surface area contributed by atoms with Crippen LogP contribution in [0.3, 0.4) is 0 Å². The number of unbranched alkanes of at least 4 members (excludes halogenated alkanes) is 3. The zero-order valence-corrected chi connectivity index (χ0v) is 17.6. The maximum atomic E-state index is 5.52. The predicted molar refractivity (Wildman–Crippen MR) is 108 cm³/mol. The maximum Gasteiger partial charge on any atom is 0.111 e. The van der Waals surface area contributed by atoms with E-state index in [-0.39, 0.29) is 0 Å². The zero-order valence-electron chi connectivity index (χ0n) is 15.4. The van der Waals surface area contributed by atoms with Crippen molar-refractivity contribution < 1.29 is 28.4 Å². The Bertz CT molecular complexity index is 256. The lowest BCUT2D eigenvalue weighted by Gasteiger charge is -2.08. The smallest absolute Gasteiger partial charge is 0.111 e. The molecule has 0 amide bonds. The molecule has 0 bridgehead atoms. The molecule has 0 saturated heterocycles. The second-order valence-electron chi connectivity index (χ2n) is 5.20. The van der Waals surface area contributed by atoms with Gasteiger partial charge in [-0.05, 0) is 17.3 Å². The molecule has 0 saturated carbocycles. The van der Waals surface area contributed by atoms with E-state index in [4.69, 9.17) is 28.4 Å². The molecule has 0 unspecified atom stereocenters. The Balaban J connectivity index is 2.95. The Morgan fingerprint density at radius 2 is 0.920 bits per heavy atom. The number of alkyl halides is 1. The lowest BCUT2D eigenvalue weighted by atomic mass is 10.2. The van der Waals surface area contributed by atoms with Crippen molar-refractivity contribution in [3.8, 4) is 0 Å².